The van der Waals surface area contributed by atoms with Gasteiger partial charge in [0.1, 0.15) is 0 Å². The molecule has 2 aliphatic rings. The summed E-state index contributed by atoms with van der Waals surface area (Å²) in [6.07, 6.45) is 5.72. The van der Waals surface area contributed by atoms with Crippen LogP contribution in [0.25, 0.3) is 0 Å². The molecule has 1 aromatic rings. The van der Waals surface area contributed by atoms with Gasteiger partial charge < -0.3 is 5.32 Å². The smallest absolute Gasteiger partial charge is 0.0348 e. The van der Waals surface area contributed by atoms with Crippen LogP contribution in [0.5, 0.6) is 0 Å². The molecule has 2 aliphatic carbocycles. The van der Waals surface area contributed by atoms with Gasteiger partial charge in [-0.25, -0.2) is 0 Å². The Kier molecular flexibility index (Phi) is 2.49. The van der Waals surface area contributed by atoms with Gasteiger partial charge in [0, 0.05) is 6.04 Å². The lowest BCUT2D eigenvalue weighted by Crippen LogP contribution is -2.25. The normalized spacial score (nSPS) is 22.7. The summed E-state index contributed by atoms with van der Waals surface area (Å²) in [6, 6.07) is 11.6. The minimum absolute atomic E-state index is 0.631. The first-order chi connectivity index (χ1) is 7.43. The molecule has 1 aromatic carbocycles. The van der Waals surface area contributed by atoms with Crippen molar-refractivity contribution in [3.05, 3.63) is 35.9 Å². The number of nitrogens with one attached hydrogen (secondary N) is 1. The molecular weight excluding hydrogens is 182 g/mol. The average Bonchev–Trinajstić information content (AvgIpc) is 3.14. The van der Waals surface area contributed by atoms with Crippen LogP contribution in [0.4, 0.5) is 0 Å². The number of rotatable bonds is 5. The van der Waals surface area contributed by atoms with Crippen LogP contribution in [0.2, 0.25) is 0 Å². The number of hydrogen-bond acceptors (Lipinski definition) is 1. The first-order valence-corrected chi connectivity index (χ1v) is 6.22. The van der Waals surface area contributed by atoms with Crippen molar-refractivity contribution in [2.45, 2.75) is 31.7 Å². The van der Waals surface area contributed by atoms with Crippen LogP contribution in [0.1, 0.15) is 37.3 Å². The van der Waals surface area contributed by atoms with Crippen LogP contribution in [0.15, 0.2) is 30.3 Å². The summed E-state index contributed by atoms with van der Waals surface area (Å²) >= 11 is 0. The van der Waals surface area contributed by atoms with Crippen molar-refractivity contribution in [2.75, 3.05) is 6.54 Å². The van der Waals surface area contributed by atoms with Gasteiger partial charge in [0.15, 0.2) is 0 Å². The zero-order valence-corrected chi connectivity index (χ0v) is 9.15. The summed E-state index contributed by atoms with van der Waals surface area (Å²) in [4.78, 5) is 0. The fourth-order valence-corrected chi connectivity index (χ4v) is 2.26. The maximum atomic E-state index is 3.76. The van der Waals surface area contributed by atoms with Gasteiger partial charge in [0.25, 0.3) is 0 Å². The van der Waals surface area contributed by atoms with Crippen LogP contribution >= 0.6 is 0 Å². The van der Waals surface area contributed by atoms with Crippen LogP contribution < -0.4 is 5.32 Å². The Morgan fingerprint density at radius 3 is 2.40 bits per heavy atom. The van der Waals surface area contributed by atoms with Gasteiger partial charge in [-0.05, 0) is 49.6 Å². The fraction of sp³-hybridized carbons (Fsp3) is 0.571. The van der Waals surface area contributed by atoms with E-state index in [1.807, 2.05) is 0 Å². The minimum atomic E-state index is 0.631. The molecule has 15 heavy (non-hydrogen) atoms. The van der Waals surface area contributed by atoms with E-state index in [1.54, 1.807) is 0 Å². The fourth-order valence-electron chi connectivity index (χ4n) is 2.26. The highest BCUT2D eigenvalue weighted by Crippen LogP contribution is 2.41. The molecule has 1 unspecified atom stereocenters. The Labute approximate surface area is 91.9 Å². The monoisotopic (exact) mass is 201 g/mol. The zero-order chi connectivity index (χ0) is 10.1. The molecule has 3 rings (SSSR count). The lowest BCUT2D eigenvalue weighted by atomic mass is 10.0. The van der Waals surface area contributed by atoms with Gasteiger partial charge in [-0.1, -0.05) is 30.3 Å². The van der Waals surface area contributed by atoms with Crippen molar-refractivity contribution in [3.63, 3.8) is 0 Å². The highest BCUT2D eigenvalue weighted by Gasteiger charge is 2.33. The number of benzene rings is 1. The van der Waals surface area contributed by atoms with Gasteiger partial charge in [0.05, 0.1) is 0 Å². The van der Waals surface area contributed by atoms with Crippen molar-refractivity contribution < 1.29 is 0 Å². The molecule has 0 radical (unpaired) electrons. The van der Waals surface area contributed by atoms with Crippen LogP contribution in [-0.4, -0.2) is 6.54 Å². The third-order valence-corrected chi connectivity index (χ3v) is 3.58. The summed E-state index contributed by atoms with van der Waals surface area (Å²) < 4.78 is 0. The second kappa shape index (κ2) is 3.97. The molecule has 2 fully saturated rings. The van der Waals surface area contributed by atoms with Gasteiger partial charge in [-0.2, -0.15) is 0 Å². The van der Waals surface area contributed by atoms with E-state index in [4.69, 9.17) is 0 Å². The van der Waals surface area contributed by atoms with Crippen molar-refractivity contribution in [1.82, 2.24) is 5.32 Å². The Morgan fingerprint density at radius 2 is 1.80 bits per heavy atom. The van der Waals surface area contributed by atoms with E-state index >= 15 is 0 Å². The highest BCUT2D eigenvalue weighted by atomic mass is 14.9. The van der Waals surface area contributed by atoms with E-state index in [1.165, 1.54) is 37.8 Å². The maximum Gasteiger partial charge on any atom is 0.0348 e. The summed E-state index contributed by atoms with van der Waals surface area (Å²) in [7, 11) is 0. The Balaban J connectivity index is 1.66. The zero-order valence-electron chi connectivity index (χ0n) is 9.15. The SMILES string of the molecule is c1ccc(C(NCC2CC2)C2CC2)cc1. The van der Waals surface area contributed by atoms with E-state index < -0.39 is 0 Å². The molecule has 2 saturated carbocycles. The lowest BCUT2D eigenvalue weighted by molar-refractivity contribution is 0.468. The lowest BCUT2D eigenvalue weighted by Gasteiger charge is -2.18. The summed E-state index contributed by atoms with van der Waals surface area (Å²) in [6.45, 7) is 1.23. The summed E-state index contributed by atoms with van der Waals surface area (Å²) in [5, 5.41) is 3.76. The van der Waals surface area contributed by atoms with E-state index in [0.29, 0.717) is 6.04 Å². The molecule has 0 aliphatic heterocycles. The molecule has 80 valence electrons. The second-order valence-corrected chi connectivity index (χ2v) is 5.08. The van der Waals surface area contributed by atoms with Gasteiger partial charge in [0.2, 0.25) is 0 Å². The number of hydrogen-bond donors (Lipinski definition) is 1. The van der Waals surface area contributed by atoms with Gasteiger partial charge in [-0.3, -0.25) is 0 Å². The van der Waals surface area contributed by atoms with Crippen molar-refractivity contribution in [2.24, 2.45) is 11.8 Å². The van der Waals surface area contributed by atoms with Crippen LogP contribution in [-0.2, 0) is 0 Å². The molecule has 0 bridgehead atoms. The predicted octanol–water partition coefficient (Wildman–Crippen LogP) is 3.14. The molecule has 0 saturated heterocycles. The molecule has 1 nitrogen and oxygen atoms in total. The molecule has 1 heteroatoms. The van der Waals surface area contributed by atoms with Crippen molar-refractivity contribution in [1.29, 1.82) is 0 Å². The largest absolute Gasteiger partial charge is 0.309 e. The Morgan fingerprint density at radius 1 is 1.07 bits per heavy atom. The van der Waals surface area contributed by atoms with Crippen LogP contribution in [0, 0.1) is 11.8 Å². The molecular formula is C14H19N. The molecule has 1 N–H and O–H groups in total. The summed E-state index contributed by atoms with van der Waals surface area (Å²) in [5.74, 6) is 1.89. The molecule has 0 aromatic heterocycles. The standard InChI is InChI=1S/C14H19N/c1-2-4-12(5-3-1)14(13-8-9-13)15-10-11-6-7-11/h1-5,11,13-15H,6-10H2. The quantitative estimate of drug-likeness (QED) is 0.771. The second-order valence-electron chi connectivity index (χ2n) is 5.08. The maximum absolute atomic E-state index is 3.76. The highest BCUT2D eigenvalue weighted by molar-refractivity contribution is 5.21. The third-order valence-electron chi connectivity index (χ3n) is 3.58. The van der Waals surface area contributed by atoms with E-state index in [9.17, 15) is 0 Å². The Bertz CT molecular complexity index is 311. The summed E-state index contributed by atoms with van der Waals surface area (Å²) in [5.41, 5.74) is 1.49. The van der Waals surface area contributed by atoms with E-state index in [0.717, 1.165) is 11.8 Å². The topological polar surface area (TPSA) is 12.0 Å². The van der Waals surface area contributed by atoms with E-state index in [2.05, 4.69) is 35.6 Å². The average molecular weight is 201 g/mol. The minimum Gasteiger partial charge on any atom is -0.309 e. The molecule has 0 spiro atoms. The van der Waals surface area contributed by atoms with Gasteiger partial charge >= 0.3 is 0 Å². The molecule has 0 amide bonds. The van der Waals surface area contributed by atoms with Gasteiger partial charge in [-0.15, -0.1) is 0 Å². The van der Waals surface area contributed by atoms with E-state index in [-0.39, 0.29) is 0 Å². The predicted molar refractivity (Wildman–Crippen MR) is 62.6 cm³/mol. The van der Waals surface area contributed by atoms with Crippen molar-refractivity contribution in [3.8, 4) is 0 Å². The first-order valence-electron chi connectivity index (χ1n) is 6.22. The first kappa shape index (κ1) is 9.41. The van der Waals surface area contributed by atoms with Crippen molar-refractivity contribution >= 4 is 0 Å². The van der Waals surface area contributed by atoms with Crippen LogP contribution in [0.3, 0.4) is 0 Å². The molecule has 1 atom stereocenters. The third kappa shape index (κ3) is 2.40. The molecule has 0 heterocycles. The Hall–Kier alpha value is -0.820.